The second-order valence-corrected chi connectivity index (χ2v) is 10.3. The molecule has 0 atom stereocenters. The van der Waals surface area contributed by atoms with Crippen LogP contribution in [0.4, 0.5) is 0 Å². The second-order valence-electron chi connectivity index (χ2n) is 7.48. The van der Waals surface area contributed by atoms with Gasteiger partial charge >= 0.3 is 5.97 Å². The van der Waals surface area contributed by atoms with Gasteiger partial charge in [0.2, 0.25) is 10.0 Å². The van der Waals surface area contributed by atoms with Crippen molar-refractivity contribution >= 4 is 31.9 Å². The van der Waals surface area contributed by atoms with Crippen LogP contribution in [0.25, 0.3) is 0 Å². The van der Waals surface area contributed by atoms with Gasteiger partial charge < -0.3 is 4.74 Å². The van der Waals surface area contributed by atoms with Gasteiger partial charge in [0, 0.05) is 24.0 Å². The summed E-state index contributed by atoms with van der Waals surface area (Å²) in [6, 6.07) is 7.36. The van der Waals surface area contributed by atoms with Crippen LogP contribution in [0.5, 0.6) is 0 Å². The van der Waals surface area contributed by atoms with Gasteiger partial charge in [0.25, 0.3) is 0 Å². The monoisotopic (exact) mass is 431 g/mol. The molecule has 1 aromatic carbocycles. The first kappa shape index (κ1) is 20.4. The molecule has 1 aliphatic heterocycles. The summed E-state index contributed by atoms with van der Waals surface area (Å²) < 4.78 is 33.0. The number of rotatable bonds is 5. The summed E-state index contributed by atoms with van der Waals surface area (Å²) in [5, 5.41) is 0. The molecule has 1 aromatic rings. The Morgan fingerprint density at radius 1 is 1.24 bits per heavy atom. The number of benzene rings is 1. The number of nitrogens with zero attached hydrogens (tertiary/aromatic N) is 1. The first-order valence-corrected chi connectivity index (χ1v) is 10.9. The molecular formula is C18H26BrNO4S. The molecular weight excluding hydrogens is 406 g/mol. The SMILES string of the molecule is CC(C)(C)OC(=O)CC1CCN(S(=O)(=O)Cc2ccccc2Br)CC1. The minimum Gasteiger partial charge on any atom is -0.460 e. The Balaban J connectivity index is 1.89. The van der Waals surface area contributed by atoms with Gasteiger partial charge in [-0.25, -0.2) is 12.7 Å². The van der Waals surface area contributed by atoms with Gasteiger partial charge in [-0.2, -0.15) is 0 Å². The van der Waals surface area contributed by atoms with Crippen molar-refractivity contribution in [1.29, 1.82) is 0 Å². The number of carbonyl (C=O) groups is 1. The lowest BCUT2D eigenvalue weighted by Gasteiger charge is -2.31. The summed E-state index contributed by atoms with van der Waals surface area (Å²) in [5.74, 6) is -0.0303. The van der Waals surface area contributed by atoms with Crippen LogP contribution < -0.4 is 0 Å². The summed E-state index contributed by atoms with van der Waals surface area (Å²) in [5.41, 5.74) is 0.280. The highest BCUT2D eigenvalue weighted by atomic mass is 79.9. The zero-order chi connectivity index (χ0) is 18.7. The maximum absolute atomic E-state index is 12.6. The number of sulfonamides is 1. The molecule has 25 heavy (non-hydrogen) atoms. The molecule has 0 aromatic heterocycles. The summed E-state index contributed by atoms with van der Waals surface area (Å²) in [6.45, 7) is 6.46. The molecule has 0 unspecified atom stereocenters. The summed E-state index contributed by atoms with van der Waals surface area (Å²) in [6.07, 6.45) is 1.73. The van der Waals surface area contributed by atoms with E-state index in [0.717, 1.165) is 10.0 Å². The Labute approximate surface area is 158 Å². The number of hydrogen-bond donors (Lipinski definition) is 0. The van der Waals surface area contributed by atoms with Gasteiger partial charge in [0.05, 0.1) is 5.75 Å². The van der Waals surface area contributed by atoms with E-state index >= 15 is 0 Å². The van der Waals surface area contributed by atoms with Gasteiger partial charge in [0.1, 0.15) is 5.60 Å². The molecule has 1 fully saturated rings. The van der Waals surface area contributed by atoms with Gasteiger partial charge in [-0.1, -0.05) is 34.1 Å². The standard InChI is InChI=1S/C18H26BrNO4S/c1-18(2,3)24-17(21)12-14-8-10-20(11-9-14)25(22,23)13-15-6-4-5-7-16(15)19/h4-7,14H,8-13H2,1-3H3. The van der Waals surface area contributed by atoms with E-state index in [-0.39, 0.29) is 17.6 Å². The molecule has 0 aliphatic carbocycles. The average Bonchev–Trinajstić information content (AvgIpc) is 2.48. The first-order chi connectivity index (χ1) is 11.6. The number of carbonyl (C=O) groups excluding carboxylic acids is 1. The predicted molar refractivity (Wildman–Crippen MR) is 102 cm³/mol. The zero-order valence-electron chi connectivity index (χ0n) is 15.0. The van der Waals surface area contributed by atoms with Crippen molar-refractivity contribution < 1.29 is 17.9 Å². The van der Waals surface area contributed by atoms with Crippen LogP contribution in [-0.4, -0.2) is 37.4 Å². The minimum absolute atomic E-state index is 0.00877. The lowest BCUT2D eigenvalue weighted by Crippen LogP contribution is -2.39. The fourth-order valence-corrected chi connectivity index (χ4v) is 5.12. The molecule has 1 aliphatic rings. The van der Waals surface area contributed by atoms with E-state index in [2.05, 4.69) is 15.9 Å². The van der Waals surface area contributed by atoms with E-state index in [1.165, 1.54) is 4.31 Å². The van der Waals surface area contributed by atoms with E-state index in [4.69, 9.17) is 4.74 Å². The summed E-state index contributed by atoms with van der Waals surface area (Å²) in [7, 11) is -3.35. The highest BCUT2D eigenvalue weighted by Gasteiger charge is 2.30. The molecule has 0 amide bonds. The molecule has 5 nitrogen and oxygen atoms in total. The van der Waals surface area contributed by atoms with Crippen LogP contribution in [0.2, 0.25) is 0 Å². The maximum Gasteiger partial charge on any atom is 0.306 e. The van der Waals surface area contributed by atoms with E-state index in [1.807, 2.05) is 45.0 Å². The largest absolute Gasteiger partial charge is 0.460 e. The Morgan fingerprint density at radius 3 is 2.40 bits per heavy atom. The van der Waals surface area contributed by atoms with E-state index < -0.39 is 15.6 Å². The highest BCUT2D eigenvalue weighted by Crippen LogP contribution is 2.26. The Hall–Kier alpha value is -0.920. The third kappa shape index (κ3) is 6.38. The van der Waals surface area contributed by atoms with Crippen molar-refractivity contribution in [3.05, 3.63) is 34.3 Å². The third-order valence-electron chi connectivity index (χ3n) is 4.14. The Bertz CT molecular complexity index is 704. The van der Waals surface area contributed by atoms with Gasteiger partial charge in [0.15, 0.2) is 0 Å². The predicted octanol–water partition coefficient (Wildman–Crippen LogP) is 3.72. The Morgan fingerprint density at radius 2 is 1.84 bits per heavy atom. The maximum atomic E-state index is 12.6. The fourth-order valence-electron chi connectivity index (χ4n) is 2.91. The quantitative estimate of drug-likeness (QED) is 0.666. The first-order valence-electron chi connectivity index (χ1n) is 8.50. The lowest BCUT2D eigenvalue weighted by atomic mass is 9.95. The number of piperidine rings is 1. The van der Waals surface area contributed by atoms with Gasteiger partial charge in [-0.3, -0.25) is 4.79 Å². The molecule has 0 N–H and O–H groups in total. The number of hydrogen-bond acceptors (Lipinski definition) is 4. The van der Waals surface area contributed by atoms with Crippen molar-refractivity contribution in [2.24, 2.45) is 5.92 Å². The molecule has 2 rings (SSSR count). The van der Waals surface area contributed by atoms with Crippen LogP contribution >= 0.6 is 15.9 Å². The fraction of sp³-hybridized carbons (Fsp3) is 0.611. The lowest BCUT2D eigenvalue weighted by molar-refractivity contribution is -0.156. The Kier molecular flexibility index (Phi) is 6.68. The molecule has 0 radical (unpaired) electrons. The third-order valence-corrected chi connectivity index (χ3v) is 6.74. The minimum atomic E-state index is -3.35. The van der Waals surface area contributed by atoms with Crippen molar-refractivity contribution in [3.8, 4) is 0 Å². The van der Waals surface area contributed by atoms with E-state index in [9.17, 15) is 13.2 Å². The van der Waals surface area contributed by atoms with Gasteiger partial charge in [-0.15, -0.1) is 0 Å². The van der Waals surface area contributed by atoms with Crippen molar-refractivity contribution in [2.45, 2.75) is 51.4 Å². The van der Waals surface area contributed by atoms with E-state index in [0.29, 0.717) is 32.4 Å². The molecule has 1 heterocycles. The zero-order valence-corrected chi connectivity index (χ0v) is 17.4. The molecule has 1 saturated heterocycles. The van der Waals surface area contributed by atoms with Crippen LogP contribution in [0.3, 0.4) is 0 Å². The van der Waals surface area contributed by atoms with Crippen LogP contribution in [0.15, 0.2) is 28.7 Å². The normalized spacial score (nSPS) is 17.4. The van der Waals surface area contributed by atoms with Crippen molar-refractivity contribution in [2.75, 3.05) is 13.1 Å². The van der Waals surface area contributed by atoms with E-state index in [1.54, 1.807) is 0 Å². The molecule has 140 valence electrons. The van der Waals surface area contributed by atoms with Crippen molar-refractivity contribution in [3.63, 3.8) is 0 Å². The van der Waals surface area contributed by atoms with Crippen molar-refractivity contribution in [1.82, 2.24) is 4.31 Å². The molecule has 0 bridgehead atoms. The smallest absolute Gasteiger partial charge is 0.306 e. The number of halogens is 1. The highest BCUT2D eigenvalue weighted by molar-refractivity contribution is 9.10. The summed E-state index contributed by atoms with van der Waals surface area (Å²) in [4.78, 5) is 11.9. The topological polar surface area (TPSA) is 63.7 Å². The van der Waals surface area contributed by atoms with Crippen LogP contribution in [0.1, 0.15) is 45.6 Å². The summed E-state index contributed by atoms with van der Waals surface area (Å²) >= 11 is 3.40. The molecule has 0 spiro atoms. The van der Waals surface area contributed by atoms with Gasteiger partial charge in [-0.05, 0) is 51.2 Å². The molecule has 7 heteroatoms. The average molecular weight is 432 g/mol. The van der Waals surface area contributed by atoms with Crippen LogP contribution in [-0.2, 0) is 25.3 Å². The number of ether oxygens (including phenoxy) is 1. The van der Waals surface area contributed by atoms with Crippen LogP contribution in [0, 0.1) is 5.92 Å². The second kappa shape index (κ2) is 8.18. The molecule has 0 saturated carbocycles. The number of esters is 1.